The summed E-state index contributed by atoms with van der Waals surface area (Å²) in [4.78, 5) is 28.6. The van der Waals surface area contributed by atoms with E-state index in [1.807, 2.05) is 68.4 Å². The first-order chi connectivity index (χ1) is 19.7. The molecule has 1 fully saturated rings. The molecule has 1 heterocycles. The van der Waals surface area contributed by atoms with E-state index in [0.717, 1.165) is 28.8 Å². The molecule has 7 nitrogen and oxygen atoms in total. The molecule has 1 N–H and O–H groups in total. The lowest BCUT2D eigenvalue weighted by atomic mass is 10.0. The minimum atomic E-state index is -0.974. The van der Waals surface area contributed by atoms with Gasteiger partial charge in [0.25, 0.3) is 5.91 Å². The van der Waals surface area contributed by atoms with Crippen molar-refractivity contribution in [2.75, 3.05) is 40.4 Å². The van der Waals surface area contributed by atoms with Crippen LogP contribution in [0.15, 0.2) is 65.6 Å². The zero-order chi connectivity index (χ0) is 29.5. The predicted octanol–water partition coefficient (Wildman–Crippen LogP) is 6.49. The zero-order valence-corrected chi connectivity index (χ0v) is 25.4. The average molecular weight is 611 g/mol. The van der Waals surface area contributed by atoms with Crippen LogP contribution in [0.3, 0.4) is 0 Å². The van der Waals surface area contributed by atoms with Crippen molar-refractivity contribution in [1.82, 2.24) is 9.80 Å². The second-order valence-electron chi connectivity index (χ2n) is 9.57. The van der Waals surface area contributed by atoms with Crippen molar-refractivity contribution in [3.63, 3.8) is 0 Å². The van der Waals surface area contributed by atoms with Crippen molar-refractivity contribution in [2.45, 2.75) is 13.3 Å². The van der Waals surface area contributed by atoms with Gasteiger partial charge in [0, 0.05) is 18.7 Å². The highest BCUT2D eigenvalue weighted by Crippen LogP contribution is 2.37. The number of carbonyl (C=O) groups excluding carboxylic acids is 1. The van der Waals surface area contributed by atoms with Crippen LogP contribution in [0.1, 0.15) is 28.4 Å². The Balaban J connectivity index is 1.58. The van der Waals surface area contributed by atoms with Gasteiger partial charge in [0.15, 0.2) is 0 Å². The van der Waals surface area contributed by atoms with E-state index >= 15 is 0 Å². The molecule has 0 aliphatic carbocycles. The van der Waals surface area contributed by atoms with Crippen LogP contribution < -0.4 is 9.47 Å². The summed E-state index contributed by atoms with van der Waals surface area (Å²) in [5.41, 5.74) is 3.74. The molecule has 41 heavy (non-hydrogen) atoms. The number of benzene rings is 3. The molecular formula is C31H31ClN2O5S2. The Bertz CT molecular complexity index is 1470. The lowest BCUT2D eigenvalue weighted by Crippen LogP contribution is -2.30. The lowest BCUT2D eigenvalue weighted by molar-refractivity contribution is -0.122. The van der Waals surface area contributed by atoms with Crippen LogP contribution in [-0.2, 0) is 11.2 Å². The number of carbonyl (C=O) groups is 2. The molecule has 1 aliphatic heterocycles. The van der Waals surface area contributed by atoms with Crippen molar-refractivity contribution >= 4 is 57.9 Å². The molecule has 3 aromatic carbocycles. The van der Waals surface area contributed by atoms with E-state index < -0.39 is 5.97 Å². The topological polar surface area (TPSA) is 79.3 Å². The average Bonchev–Trinajstić information content (AvgIpc) is 3.21. The van der Waals surface area contributed by atoms with Gasteiger partial charge in [-0.2, -0.15) is 0 Å². The predicted molar refractivity (Wildman–Crippen MR) is 169 cm³/mol. The fraction of sp³-hybridized carbons (Fsp3) is 0.258. The quantitative estimate of drug-likeness (QED) is 0.184. The van der Waals surface area contributed by atoms with Gasteiger partial charge in [0.1, 0.15) is 22.4 Å². The maximum Gasteiger partial charge on any atom is 0.335 e. The molecule has 0 unspecified atom stereocenters. The lowest BCUT2D eigenvalue weighted by Gasteiger charge is -2.15. The summed E-state index contributed by atoms with van der Waals surface area (Å²) in [5, 5.41) is 9.64. The Kier molecular flexibility index (Phi) is 10.4. The Labute approximate surface area is 254 Å². The first-order valence-electron chi connectivity index (χ1n) is 13.1. The third-order valence-electron chi connectivity index (χ3n) is 6.36. The standard InChI is InChI=1S/C31H31ClN2O5S2/c1-4-38-27-12-10-23(18-25(27)32)22-9-11-26(39-16-15-33(2)3)24(17-22)19-28-29(35)34(31(40)41-28)14-13-20-5-7-21(8-6-20)30(36)37/h5-12,17-19H,4,13-16H2,1-3H3,(H,36,37)/b28-19-. The Morgan fingerprint density at radius 1 is 1.05 bits per heavy atom. The van der Waals surface area contributed by atoms with Crippen molar-refractivity contribution in [3.8, 4) is 22.6 Å². The number of halogens is 1. The molecule has 0 saturated carbocycles. The Hall–Kier alpha value is -3.37. The summed E-state index contributed by atoms with van der Waals surface area (Å²) in [6, 6.07) is 18.1. The largest absolute Gasteiger partial charge is 0.492 e. The SMILES string of the molecule is CCOc1ccc(-c2ccc(OCCN(C)C)c(/C=C3\SC(=S)N(CCc4ccc(C(=O)O)cc4)C3=O)c2)cc1Cl. The van der Waals surface area contributed by atoms with Crippen molar-refractivity contribution < 1.29 is 24.2 Å². The van der Waals surface area contributed by atoms with Gasteiger partial charge in [0.2, 0.25) is 0 Å². The van der Waals surface area contributed by atoms with Gasteiger partial charge in [-0.3, -0.25) is 9.69 Å². The molecule has 3 aromatic rings. The van der Waals surface area contributed by atoms with Crippen LogP contribution in [0.4, 0.5) is 0 Å². The molecule has 0 atom stereocenters. The number of carboxylic acids is 1. The van der Waals surface area contributed by atoms with E-state index in [1.165, 1.54) is 11.8 Å². The fourth-order valence-corrected chi connectivity index (χ4v) is 5.69. The fourth-order valence-electron chi connectivity index (χ4n) is 4.15. The number of rotatable bonds is 12. The van der Waals surface area contributed by atoms with Crippen LogP contribution in [-0.4, -0.2) is 71.5 Å². The van der Waals surface area contributed by atoms with Crippen molar-refractivity contribution in [3.05, 3.63) is 87.3 Å². The first kappa shape index (κ1) is 30.6. The molecular weight excluding hydrogens is 580 g/mol. The van der Waals surface area contributed by atoms with Gasteiger partial charge >= 0.3 is 5.97 Å². The number of thiocarbonyl (C=S) groups is 1. The van der Waals surface area contributed by atoms with E-state index in [4.69, 9.17) is 38.4 Å². The number of ether oxygens (including phenoxy) is 2. The molecule has 4 rings (SSSR count). The van der Waals surface area contributed by atoms with Crippen molar-refractivity contribution in [2.24, 2.45) is 0 Å². The second kappa shape index (κ2) is 14.0. The third-order valence-corrected chi connectivity index (χ3v) is 8.03. The first-order valence-corrected chi connectivity index (χ1v) is 14.7. The van der Waals surface area contributed by atoms with Gasteiger partial charge in [-0.05, 0) is 86.6 Å². The molecule has 1 aliphatic rings. The number of hydrogen-bond acceptors (Lipinski definition) is 7. The number of carboxylic acid groups (broad SMARTS) is 1. The van der Waals surface area contributed by atoms with E-state index in [9.17, 15) is 9.59 Å². The van der Waals surface area contributed by atoms with Crippen molar-refractivity contribution in [1.29, 1.82) is 0 Å². The normalized spacial score (nSPS) is 14.3. The van der Waals surface area contributed by atoms with Crippen LogP contribution in [0, 0.1) is 0 Å². The zero-order valence-electron chi connectivity index (χ0n) is 23.1. The molecule has 1 amide bonds. The maximum atomic E-state index is 13.4. The highest BCUT2D eigenvalue weighted by molar-refractivity contribution is 8.26. The van der Waals surface area contributed by atoms with E-state index in [2.05, 4.69) is 0 Å². The minimum absolute atomic E-state index is 0.170. The second-order valence-corrected chi connectivity index (χ2v) is 11.7. The summed E-state index contributed by atoms with van der Waals surface area (Å²) >= 11 is 13.3. The Morgan fingerprint density at radius 3 is 2.37 bits per heavy atom. The minimum Gasteiger partial charge on any atom is -0.492 e. The smallest absolute Gasteiger partial charge is 0.335 e. The summed E-state index contributed by atoms with van der Waals surface area (Å²) in [6.45, 7) is 4.06. The van der Waals surface area contributed by atoms with E-state index in [0.29, 0.717) is 51.9 Å². The number of amides is 1. The summed E-state index contributed by atoms with van der Waals surface area (Å²) in [7, 11) is 3.96. The van der Waals surface area contributed by atoms with E-state index in [-0.39, 0.29) is 11.5 Å². The molecule has 0 spiro atoms. The monoisotopic (exact) mass is 610 g/mol. The van der Waals surface area contributed by atoms with Gasteiger partial charge < -0.3 is 19.5 Å². The molecule has 214 valence electrons. The number of hydrogen-bond donors (Lipinski definition) is 1. The van der Waals surface area contributed by atoms with E-state index in [1.54, 1.807) is 29.2 Å². The van der Waals surface area contributed by atoms with Gasteiger partial charge in [-0.1, -0.05) is 59.8 Å². The highest BCUT2D eigenvalue weighted by atomic mass is 35.5. The van der Waals surface area contributed by atoms with Gasteiger partial charge in [-0.25, -0.2) is 4.79 Å². The molecule has 0 bridgehead atoms. The number of likely N-dealkylation sites (N-methyl/N-ethyl adjacent to an activating group) is 1. The molecule has 1 saturated heterocycles. The number of thioether (sulfide) groups is 1. The maximum absolute atomic E-state index is 13.4. The van der Waals surface area contributed by atoms with Gasteiger partial charge in [0.05, 0.1) is 22.1 Å². The molecule has 0 aromatic heterocycles. The number of nitrogens with zero attached hydrogens (tertiary/aromatic N) is 2. The molecule has 0 radical (unpaired) electrons. The summed E-state index contributed by atoms with van der Waals surface area (Å²) in [6.07, 6.45) is 2.37. The highest BCUT2D eigenvalue weighted by Gasteiger charge is 2.32. The van der Waals surface area contributed by atoms with Crippen LogP contribution in [0.2, 0.25) is 5.02 Å². The number of aromatic carboxylic acids is 1. The third kappa shape index (κ3) is 7.89. The summed E-state index contributed by atoms with van der Waals surface area (Å²) in [5.74, 6) is 0.147. The van der Waals surface area contributed by atoms with Gasteiger partial charge in [-0.15, -0.1) is 0 Å². The van der Waals surface area contributed by atoms with Crippen LogP contribution >= 0.6 is 35.6 Å². The summed E-state index contributed by atoms with van der Waals surface area (Å²) < 4.78 is 12.2. The molecule has 10 heteroatoms. The Morgan fingerprint density at radius 2 is 1.73 bits per heavy atom. The van der Waals surface area contributed by atoms with Crippen LogP contribution in [0.25, 0.3) is 17.2 Å². The van der Waals surface area contributed by atoms with Crippen LogP contribution in [0.5, 0.6) is 11.5 Å².